The van der Waals surface area contributed by atoms with Crippen molar-refractivity contribution in [3.63, 3.8) is 0 Å². The summed E-state index contributed by atoms with van der Waals surface area (Å²) in [5, 5.41) is 1.87. The number of hydrogen-bond acceptors (Lipinski definition) is 2. The first-order chi connectivity index (χ1) is 7.78. The van der Waals surface area contributed by atoms with Crippen LogP contribution in [0, 0.1) is 0 Å². The van der Waals surface area contributed by atoms with Crippen LogP contribution in [-0.2, 0) is 5.75 Å². The highest BCUT2D eigenvalue weighted by molar-refractivity contribution is 8.13. The second-order valence-electron chi connectivity index (χ2n) is 4.65. The first-order valence-electron chi connectivity index (χ1n) is 5.20. The molecule has 1 rings (SSSR count). The number of rotatable bonds is 2. The van der Waals surface area contributed by atoms with Gasteiger partial charge in [0.25, 0.3) is 0 Å². The Kier molecular flexibility index (Phi) is 5.17. The molecule has 0 amide bonds. The normalized spacial score (nSPS) is 12.9. The standard InChI is InChI=1S/C12H16Cl2N2S/c1-12(2,3)16-11(15)17-7-8-4-5-9(13)6-10(8)14/h4-6H,7H2,1-3H3,(H2,15,16). The summed E-state index contributed by atoms with van der Waals surface area (Å²) in [6, 6.07) is 5.46. The lowest BCUT2D eigenvalue weighted by molar-refractivity contribution is 0.585. The van der Waals surface area contributed by atoms with Gasteiger partial charge >= 0.3 is 0 Å². The summed E-state index contributed by atoms with van der Waals surface area (Å²) in [5.41, 5.74) is 6.69. The summed E-state index contributed by atoms with van der Waals surface area (Å²) in [6.07, 6.45) is 0. The molecule has 0 aliphatic carbocycles. The average molecular weight is 291 g/mol. The molecule has 0 atom stereocenters. The molecule has 0 aliphatic rings. The molecular weight excluding hydrogens is 275 g/mol. The molecule has 17 heavy (non-hydrogen) atoms. The highest BCUT2D eigenvalue weighted by atomic mass is 35.5. The summed E-state index contributed by atoms with van der Waals surface area (Å²) in [6.45, 7) is 6.03. The monoisotopic (exact) mass is 290 g/mol. The SMILES string of the molecule is CC(C)(C)N=C(N)SCc1ccc(Cl)cc1Cl. The molecule has 5 heteroatoms. The fourth-order valence-corrected chi connectivity index (χ4v) is 2.60. The second-order valence-corrected chi connectivity index (χ2v) is 6.48. The zero-order valence-corrected chi connectivity index (χ0v) is 12.5. The van der Waals surface area contributed by atoms with E-state index >= 15 is 0 Å². The molecule has 1 aromatic rings. The van der Waals surface area contributed by atoms with Gasteiger partial charge in [0.15, 0.2) is 5.17 Å². The molecule has 0 aromatic heterocycles. The lowest BCUT2D eigenvalue weighted by Gasteiger charge is -2.13. The molecule has 0 saturated carbocycles. The van der Waals surface area contributed by atoms with Crippen LogP contribution in [0.2, 0.25) is 10.0 Å². The lowest BCUT2D eigenvalue weighted by Crippen LogP contribution is -2.17. The molecule has 0 fully saturated rings. The largest absolute Gasteiger partial charge is 0.379 e. The van der Waals surface area contributed by atoms with Gasteiger partial charge in [-0.1, -0.05) is 41.0 Å². The Balaban J connectivity index is 2.65. The Hall–Kier alpha value is -0.380. The van der Waals surface area contributed by atoms with Crippen LogP contribution >= 0.6 is 35.0 Å². The number of nitrogens with zero attached hydrogens (tertiary/aromatic N) is 1. The number of hydrogen-bond donors (Lipinski definition) is 1. The van der Waals surface area contributed by atoms with Crippen LogP contribution in [-0.4, -0.2) is 10.7 Å². The predicted octanol–water partition coefficient (Wildman–Crippen LogP) is 4.34. The van der Waals surface area contributed by atoms with Crippen LogP contribution in [0.4, 0.5) is 0 Å². The van der Waals surface area contributed by atoms with E-state index < -0.39 is 0 Å². The molecule has 0 unspecified atom stereocenters. The van der Waals surface area contributed by atoms with Crippen LogP contribution in [0.15, 0.2) is 23.2 Å². The van der Waals surface area contributed by atoms with E-state index in [0.29, 0.717) is 21.0 Å². The maximum atomic E-state index is 6.07. The van der Waals surface area contributed by atoms with E-state index in [0.717, 1.165) is 5.56 Å². The molecule has 0 heterocycles. The maximum Gasteiger partial charge on any atom is 0.154 e. The second kappa shape index (κ2) is 5.98. The highest BCUT2D eigenvalue weighted by Gasteiger charge is 2.09. The van der Waals surface area contributed by atoms with Gasteiger partial charge in [-0.05, 0) is 38.5 Å². The van der Waals surface area contributed by atoms with E-state index in [1.54, 1.807) is 6.07 Å². The number of halogens is 2. The lowest BCUT2D eigenvalue weighted by atomic mass is 10.1. The van der Waals surface area contributed by atoms with Gasteiger partial charge in [-0.3, -0.25) is 4.99 Å². The number of aliphatic imine (C=N–C) groups is 1. The maximum absolute atomic E-state index is 6.07. The Morgan fingerprint density at radius 1 is 1.35 bits per heavy atom. The third-order valence-electron chi connectivity index (χ3n) is 1.84. The minimum atomic E-state index is -0.152. The molecule has 2 nitrogen and oxygen atoms in total. The predicted molar refractivity (Wildman–Crippen MR) is 79.1 cm³/mol. The molecule has 0 bridgehead atoms. The fraction of sp³-hybridized carbons (Fsp3) is 0.417. The van der Waals surface area contributed by atoms with Crippen molar-refractivity contribution in [1.82, 2.24) is 0 Å². The summed E-state index contributed by atoms with van der Waals surface area (Å²) >= 11 is 13.4. The van der Waals surface area contributed by atoms with Gasteiger partial charge in [-0.2, -0.15) is 0 Å². The van der Waals surface area contributed by atoms with Crippen LogP contribution in [0.1, 0.15) is 26.3 Å². The minimum Gasteiger partial charge on any atom is -0.379 e. The summed E-state index contributed by atoms with van der Waals surface area (Å²) in [4.78, 5) is 4.36. The van der Waals surface area contributed by atoms with Crippen LogP contribution < -0.4 is 5.73 Å². The minimum absolute atomic E-state index is 0.152. The van der Waals surface area contributed by atoms with Crippen molar-refractivity contribution in [3.8, 4) is 0 Å². The zero-order valence-electron chi connectivity index (χ0n) is 10.1. The van der Waals surface area contributed by atoms with E-state index in [9.17, 15) is 0 Å². The van der Waals surface area contributed by atoms with Crippen molar-refractivity contribution in [2.75, 3.05) is 0 Å². The Morgan fingerprint density at radius 2 is 2.00 bits per heavy atom. The Morgan fingerprint density at radius 3 is 2.53 bits per heavy atom. The molecular formula is C12H16Cl2N2S. The van der Waals surface area contributed by atoms with Crippen LogP contribution in [0.5, 0.6) is 0 Å². The topological polar surface area (TPSA) is 38.4 Å². The van der Waals surface area contributed by atoms with E-state index in [1.807, 2.05) is 32.9 Å². The molecule has 0 aliphatic heterocycles. The number of amidine groups is 1. The van der Waals surface area contributed by atoms with Gasteiger partial charge in [-0.15, -0.1) is 0 Å². The molecule has 0 spiro atoms. The van der Waals surface area contributed by atoms with Gasteiger partial charge in [0.1, 0.15) is 0 Å². The van der Waals surface area contributed by atoms with Crippen molar-refractivity contribution < 1.29 is 0 Å². The highest BCUT2D eigenvalue weighted by Crippen LogP contribution is 2.25. The van der Waals surface area contributed by atoms with E-state index in [4.69, 9.17) is 28.9 Å². The van der Waals surface area contributed by atoms with Gasteiger partial charge in [0.2, 0.25) is 0 Å². The van der Waals surface area contributed by atoms with E-state index in [-0.39, 0.29) is 5.54 Å². The molecule has 2 N–H and O–H groups in total. The number of nitrogens with two attached hydrogens (primary N) is 1. The van der Waals surface area contributed by atoms with Gasteiger partial charge in [-0.25, -0.2) is 0 Å². The third kappa shape index (κ3) is 5.66. The van der Waals surface area contributed by atoms with Gasteiger partial charge in [0, 0.05) is 15.8 Å². The van der Waals surface area contributed by atoms with Crippen molar-refractivity contribution in [2.24, 2.45) is 10.7 Å². The van der Waals surface area contributed by atoms with Crippen molar-refractivity contribution in [3.05, 3.63) is 33.8 Å². The van der Waals surface area contributed by atoms with Crippen molar-refractivity contribution in [1.29, 1.82) is 0 Å². The van der Waals surface area contributed by atoms with E-state index in [1.165, 1.54) is 11.8 Å². The van der Waals surface area contributed by atoms with Crippen molar-refractivity contribution in [2.45, 2.75) is 32.1 Å². The third-order valence-corrected chi connectivity index (χ3v) is 3.27. The summed E-state index contributed by atoms with van der Waals surface area (Å²) in [5.74, 6) is 0.696. The zero-order chi connectivity index (χ0) is 13.1. The summed E-state index contributed by atoms with van der Waals surface area (Å²) in [7, 11) is 0. The quantitative estimate of drug-likeness (QED) is 0.650. The molecule has 0 radical (unpaired) electrons. The number of thioether (sulfide) groups is 1. The molecule has 0 saturated heterocycles. The first-order valence-corrected chi connectivity index (χ1v) is 6.94. The molecule has 94 valence electrons. The average Bonchev–Trinajstić information content (AvgIpc) is 2.13. The van der Waals surface area contributed by atoms with Gasteiger partial charge < -0.3 is 5.73 Å². The Bertz CT molecular complexity index is 425. The fourth-order valence-electron chi connectivity index (χ4n) is 1.15. The van der Waals surface area contributed by atoms with Crippen LogP contribution in [0.25, 0.3) is 0 Å². The number of benzene rings is 1. The smallest absolute Gasteiger partial charge is 0.154 e. The van der Waals surface area contributed by atoms with Crippen LogP contribution in [0.3, 0.4) is 0 Å². The van der Waals surface area contributed by atoms with Gasteiger partial charge in [0.05, 0.1) is 5.54 Å². The molecule has 1 aromatic carbocycles. The summed E-state index contributed by atoms with van der Waals surface area (Å²) < 4.78 is 0. The first kappa shape index (κ1) is 14.7. The van der Waals surface area contributed by atoms with Crippen molar-refractivity contribution >= 4 is 40.1 Å². The Labute approximate surface area is 117 Å². The van der Waals surface area contributed by atoms with E-state index in [2.05, 4.69) is 4.99 Å².